The summed E-state index contributed by atoms with van der Waals surface area (Å²) in [4.78, 5) is 8.79. The zero-order chi connectivity index (χ0) is 21.5. The first-order chi connectivity index (χ1) is 15.0. The standard InChI is InChI=1S/C24H15ClF2N4/c1-31-23(16-10-11-28-21(25)12-16)22-19(14-2-6-17(26)7-3-14)13-20(29-24(22)30-31)15-4-8-18(27)9-5-15/h2-13H,1H3. The number of hydrogen-bond donors (Lipinski definition) is 0. The molecule has 5 aromatic rings. The molecule has 0 spiro atoms. The third-order valence-electron chi connectivity index (χ3n) is 5.10. The van der Waals surface area contributed by atoms with Gasteiger partial charge in [0, 0.05) is 24.4 Å². The first-order valence-electron chi connectivity index (χ1n) is 9.51. The Hall–Kier alpha value is -3.64. The molecule has 3 heterocycles. The fraction of sp³-hybridized carbons (Fsp3) is 0.0417. The maximum Gasteiger partial charge on any atom is 0.182 e. The molecule has 4 nitrogen and oxygen atoms in total. The SMILES string of the molecule is Cn1nc2nc(-c3ccc(F)cc3)cc(-c3ccc(F)cc3)c2c1-c1ccnc(Cl)c1. The zero-order valence-electron chi connectivity index (χ0n) is 16.4. The molecule has 0 bridgehead atoms. The smallest absolute Gasteiger partial charge is 0.182 e. The predicted molar refractivity (Wildman–Crippen MR) is 118 cm³/mol. The third-order valence-corrected chi connectivity index (χ3v) is 5.31. The Labute approximate surface area is 181 Å². The molecule has 0 aliphatic heterocycles. The number of nitrogens with zero attached hydrogens (tertiary/aromatic N) is 4. The molecule has 0 radical (unpaired) electrons. The normalized spacial score (nSPS) is 11.2. The Balaban J connectivity index is 1.84. The molecule has 0 aliphatic carbocycles. The Kier molecular flexibility index (Phi) is 4.71. The van der Waals surface area contributed by atoms with Crippen molar-refractivity contribution in [2.24, 2.45) is 7.05 Å². The lowest BCUT2D eigenvalue weighted by Crippen LogP contribution is -1.94. The van der Waals surface area contributed by atoms with Crippen molar-refractivity contribution in [1.29, 1.82) is 0 Å². The molecule has 152 valence electrons. The van der Waals surface area contributed by atoms with E-state index in [4.69, 9.17) is 16.6 Å². The van der Waals surface area contributed by atoms with E-state index in [9.17, 15) is 8.78 Å². The molecule has 31 heavy (non-hydrogen) atoms. The molecule has 0 saturated carbocycles. The van der Waals surface area contributed by atoms with Crippen molar-refractivity contribution in [1.82, 2.24) is 19.7 Å². The highest BCUT2D eigenvalue weighted by molar-refractivity contribution is 6.29. The van der Waals surface area contributed by atoms with Crippen LogP contribution in [-0.2, 0) is 7.05 Å². The molecule has 0 amide bonds. The lowest BCUT2D eigenvalue weighted by molar-refractivity contribution is 0.627. The number of aryl methyl sites for hydroxylation is 1. The van der Waals surface area contributed by atoms with E-state index in [0.29, 0.717) is 16.5 Å². The van der Waals surface area contributed by atoms with Gasteiger partial charge < -0.3 is 0 Å². The number of aromatic nitrogens is 4. The summed E-state index contributed by atoms with van der Waals surface area (Å²) in [6, 6.07) is 17.9. The van der Waals surface area contributed by atoms with Crippen LogP contribution in [0.5, 0.6) is 0 Å². The largest absolute Gasteiger partial charge is 0.265 e. The van der Waals surface area contributed by atoms with Crippen LogP contribution in [0.2, 0.25) is 5.15 Å². The van der Waals surface area contributed by atoms with E-state index in [-0.39, 0.29) is 11.6 Å². The van der Waals surface area contributed by atoms with Crippen molar-refractivity contribution in [2.45, 2.75) is 0 Å². The minimum Gasteiger partial charge on any atom is -0.265 e. The van der Waals surface area contributed by atoms with Crippen LogP contribution in [0.3, 0.4) is 0 Å². The van der Waals surface area contributed by atoms with E-state index >= 15 is 0 Å². The van der Waals surface area contributed by atoms with Gasteiger partial charge in [-0.3, -0.25) is 4.68 Å². The van der Waals surface area contributed by atoms with E-state index in [2.05, 4.69) is 10.1 Å². The number of benzene rings is 2. The number of pyridine rings is 2. The minimum absolute atomic E-state index is 0.319. The fourth-order valence-electron chi connectivity index (χ4n) is 3.70. The summed E-state index contributed by atoms with van der Waals surface area (Å²) in [5.74, 6) is -0.640. The molecular formula is C24H15ClF2N4. The summed E-state index contributed by atoms with van der Waals surface area (Å²) in [5.41, 5.74) is 5.22. The first-order valence-corrected chi connectivity index (χ1v) is 9.89. The van der Waals surface area contributed by atoms with Crippen molar-refractivity contribution >= 4 is 22.6 Å². The Morgan fingerprint density at radius 2 is 1.45 bits per heavy atom. The van der Waals surface area contributed by atoms with E-state index in [1.807, 2.05) is 19.2 Å². The molecule has 0 aliphatic rings. The number of rotatable bonds is 3. The van der Waals surface area contributed by atoms with Gasteiger partial charge in [-0.1, -0.05) is 23.7 Å². The number of fused-ring (bicyclic) bond motifs is 1. The van der Waals surface area contributed by atoms with E-state index in [0.717, 1.165) is 33.3 Å². The lowest BCUT2D eigenvalue weighted by atomic mass is 9.97. The summed E-state index contributed by atoms with van der Waals surface area (Å²) >= 11 is 6.13. The topological polar surface area (TPSA) is 43.6 Å². The van der Waals surface area contributed by atoms with Gasteiger partial charge in [-0.15, -0.1) is 0 Å². The second kappa shape index (κ2) is 7.56. The Morgan fingerprint density at radius 1 is 0.806 bits per heavy atom. The van der Waals surface area contributed by atoms with Gasteiger partial charge in [-0.05, 0) is 65.7 Å². The van der Waals surface area contributed by atoms with Crippen LogP contribution >= 0.6 is 11.6 Å². The summed E-state index contributed by atoms with van der Waals surface area (Å²) < 4.78 is 28.8. The highest BCUT2D eigenvalue weighted by atomic mass is 35.5. The average Bonchev–Trinajstić information content (AvgIpc) is 3.10. The van der Waals surface area contributed by atoms with Crippen molar-refractivity contribution < 1.29 is 8.78 Å². The zero-order valence-corrected chi connectivity index (χ0v) is 17.1. The summed E-state index contributed by atoms with van der Waals surface area (Å²) in [7, 11) is 1.83. The van der Waals surface area contributed by atoms with Gasteiger partial charge in [-0.2, -0.15) is 5.10 Å². The first kappa shape index (κ1) is 19.3. The lowest BCUT2D eigenvalue weighted by Gasteiger charge is -2.10. The van der Waals surface area contributed by atoms with E-state index < -0.39 is 0 Å². The average molecular weight is 433 g/mol. The second-order valence-electron chi connectivity index (χ2n) is 7.11. The third kappa shape index (κ3) is 3.55. The molecule has 0 fully saturated rings. The van der Waals surface area contributed by atoms with Gasteiger partial charge in [0.05, 0.1) is 16.8 Å². The molecule has 0 saturated heterocycles. The van der Waals surface area contributed by atoms with Crippen LogP contribution in [-0.4, -0.2) is 19.7 Å². The maximum absolute atomic E-state index is 13.6. The monoisotopic (exact) mass is 432 g/mol. The van der Waals surface area contributed by atoms with Crippen LogP contribution in [0.4, 0.5) is 8.78 Å². The summed E-state index contributed by atoms with van der Waals surface area (Å²) in [6.07, 6.45) is 1.63. The molecule has 2 aromatic carbocycles. The molecule has 0 N–H and O–H groups in total. The van der Waals surface area contributed by atoms with Crippen LogP contribution < -0.4 is 0 Å². The Bertz CT molecular complexity index is 1410. The van der Waals surface area contributed by atoms with Crippen LogP contribution in [0.1, 0.15) is 0 Å². The molecule has 5 rings (SSSR count). The van der Waals surface area contributed by atoms with Crippen molar-refractivity contribution in [3.63, 3.8) is 0 Å². The quantitative estimate of drug-likeness (QED) is 0.314. The van der Waals surface area contributed by atoms with Gasteiger partial charge in [0.25, 0.3) is 0 Å². The maximum atomic E-state index is 13.6. The van der Waals surface area contributed by atoms with Crippen molar-refractivity contribution in [3.8, 4) is 33.6 Å². The minimum atomic E-state index is -0.321. The summed E-state index contributed by atoms with van der Waals surface area (Å²) in [6.45, 7) is 0. The highest BCUT2D eigenvalue weighted by Gasteiger charge is 2.19. The van der Waals surface area contributed by atoms with Gasteiger partial charge in [0.1, 0.15) is 16.8 Å². The van der Waals surface area contributed by atoms with Crippen molar-refractivity contribution in [2.75, 3.05) is 0 Å². The number of halogens is 3. The number of hydrogen-bond acceptors (Lipinski definition) is 3. The van der Waals surface area contributed by atoms with Crippen molar-refractivity contribution in [3.05, 3.63) is 89.7 Å². The molecule has 3 aromatic heterocycles. The van der Waals surface area contributed by atoms with E-state index in [1.54, 1.807) is 41.2 Å². The molecular weight excluding hydrogens is 418 g/mol. The summed E-state index contributed by atoms with van der Waals surface area (Å²) in [5, 5.41) is 5.79. The van der Waals surface area contributed by atoms with Gasteiger partial charge in [0.2, 0.25) is 0 Å². The van der Waals surface area contributed by atoms with Gasteiger partial charge >= 0.3 is 0 Å². The van der Waals surface area contributed by atoms with Crippen LogP contribution in [0.15, 0.2) is 72.9 Å². The predicted octanol–water partition coefficient (Wildman–Crippen LogP) is 6.30. The molecule has 7 heteroatoms. The van der Waals surface area contributed by atoms with Gasteiger partial charge in [0.15, 0.2) is 5.65 Å². The second-order valence-corrected chi connectivity index (χ2v) is 7.49. The molecule has 0 unspecified atom stereocenters. The Morgan fingerprint density at radius 3 is 2.10 bits per heavy atom. The highest BCUT2D eigenvalue weighted by Crippen LogP contribution is 2.38. The van der Waals surface area contributed by atoms with Gasteiger partial charge in [-0.25, -0.2) is 18.7 Å². The fourth-order valence-corrected chi connectivity index (χ4v) is 3.87. The van der Waals surface area contributed by atoms with Crippen LogP contribution in [0, 0.1) is 11.6 Å². The molecule has 0 atom stereocenters. The van der Waals surface area contributed by atoms with Crippen LogP contribution in [0.25, 0.3) is 44.7 Å². The van der Waals surface area contributed by atoms with E-state index in [1.165, 1.54) is 24.3 Å².